The van der Waals surface area contributed by atoms with E-state index in [1.807, 2.05) is 34.6 Å². The molecule has 1 aromatic rings. The minimum Gasteiger partial charge on any atom is -0.326 e. The lowest BCUT2D eigenvalue weighted by atomic mass is 10.2. The van der Waals surface area contributed by atoms with Crippen LogP contribution in [0, 0.1) is 18.8 Å². The Morgan fingerprint density at radius 2 is 1.70 bits per heavy atom. The first kappa shape index (κ1) is 17.6. The van der Waals surface area contributed by atoms with E-state index in [4.69, 9.17) is 5.73 Å². The van der Waals surface area contributed by atoms with E-state index in [0.29, 0.717) is 36.4 Å². The summed E-state index contributed by atoms with van der Waals surface area (Å²) < 4.78 is 27.3. The number of sulfonamides is 1. The van der Waals surface area contributed by atoms with Gasteiger partial charge in [0.2, 0.25) is 10.0 Å². The van der Waals surface area contributed by atoms with Crippen LogP contribution in [0.3, 0.4) is 0 Å². The molecule has 0 bridgehead atoms. The van der Waals surface area contributed by atoms with E-state index in [1.54, 1.807) is 10.4 Å². The fourth-order valence-electron chi connectivity index (χ4n) is 2.11. The van der Waals surface area contributed by atoms with Gasteiger partial charge in [-0.3, -0.25) is 0 Å². The summed E-state index contributed by atoms with van der Waals surface area (Å²) in [5, 5.41) is 0. The van der Waals surface area contributed by atoms with Gasteiger partial charge in [-0.25, -0.2) is 8.42 Å². The Labute approximate surface area is 127 Å². The molecule has 1 aromatic heterocycles. The zero-order chi connectivity index (χ0) is 15.5. The smallest absolute Gasteiger partial charge is 0.244 e. The highest BCUT2D eigenvalue weighted by atomic mass is 32.2. The van der Waals surface area contributed by atoms with Crippen molar-refractivity contribution in [1.29, 1.82) is 0 Å². The van der Waals surface area contributed by atoms with Crippen LogP contribution in [0.15, 0.2) is 11.0 Å². The van der Waals surface area contributed by atoms with Gasteiger partial charge in [-0.2, -0.15) is 4.31 Å². The van der Waals surface area contributed by atoms with Crippen LogP contribution in [0.2, 0.25) is 0 Å². The molecule has 1 heterocycles. The van der Waals surface area contributed by atoms with E-state index < -0.39 is 10.0 Å². The van der Waals surface area contributed by atoms with Crippen LogP contribution in [0.1, 0.15) is 37.4 Å². The van der Waals surface area contributed by atoms with Crippen molar-refractivity contribution in [3.8, 4) is 0 Å². The molecule has 0 atom stereocenters. The number of hydrogen-bond donors (Lipinski definition) is 1. The van der Waals surface area contributed by atoms with Crippen molar-refractivity contribution in [3.05, 3.63) is 15.8 Å². The quantitative estimate of drug-likeness (QED) is 0.841. The summed E-state index contributed by atoms with van der Waals surface area (Å²) in [5.74, 6) is 0.605. The third-order valence-electron chi connectivity index (χ3n) is 2.88. The molecule has 0 radical (unpaired) electrons. The van der Waals surface area contributed by atoms with Crippen LogP contribution in [-0.4, -0.2) is 25.8 Å². The highest BCUT2D eigenvalue weighted by Crippen LogP contribution is 2.28. The van der Waals surface area contributed by atoms with Crippen LogP contribution in [0.25, 0.3) is 0 Å². The van der Waals surface area contributed by atoms with Gasteiger partial charge in [0, 0.05) is 29.4 Å². The second-order valence-electron chi connectivity index (χ2n) is 5.95. The average molecular weight is 319 g/mol. The Morgan fingerprint density at radius 3 is 2.05 bits per heavy atom. The van der Waals surface area contributed by atoms with E-state index in [2.05, 4.69) is 0 Å². The maximum atomic E-state index is 12.8. The molecule has 2 N–H and O–H groups in total. The monoisotopic (exact) mass is 318 g/mol. The number of hydrogen-bond acceptors (Lipinski definition) is 4. The van der Waals surface area contributed by atoms with Crippen LogP contribution < -0.4 is 5.73 Å². The lowest BCUT2D eigenvalue weighted by molar-refractivity contribution is 0.333. The molecule has 20 heavy (non-hydrogen) atoms. The van der Waals surface area contributed by atoms with Crippen molar-refractivity contribution >= 4 is 21.4 Å². The molecule has 0 saturated carbocycles. The zero-order valence-corrected chi connectivity index (χ0v) is 14.6. The molecule has 0 fully saturated rings. The van der Waals surface area contributed by atoms with E-state index in [9.17, 15) is 8.42 Å². The van der Waals surface area contributed by atoms with Gasteiger partial charge < -0.3 is 5.73 Å². The van der Waals surface area contributed by atoms with E-state index in [-0.39, 0.29) is 0 Å². The third kappa shape index (κ3) is 4.28. The molecule has 4 nitrogen and oxygen atoms in total. The molecule has 0 aliphatic heterocycles. The first-order valence-electron chi connectivity index (χ1n) is 6.98. The Hall–Kier alpha value is -0.430. The Bertz CT molecular complexity index is 523. The molecule has 0 spiro atoms. The van der Waals surface area contributed by atoms with Gasteiger partial charge >= 0.3 is 0 Å². The summed E-state index contributed by atoms with van der Waals surface area (Å²) in [4.78, 5) is 2.15. The van der Waals surface area contributed by atoms with Crippen molar-refractivity contribution in [2.24, 2.45) is 17.6 Å². The SMILES string of the molecule is Cc1sc(CN)cc1S(=O)(=O)N(CC(C)C)CC(C)C. The van der Waals surface area contributed by atoms with Crippen molar-refractivity contribution < 1.29 is 8.42 Å². The van der Waals surface area contributed by atoms with Crippen molar-refractivity contribution in [3.63, 3.8) is 0 Å². The van der Waals surface area contributed by atoms with E-state index >= 15 is 0 Å². The minimum absolute atomic E-state index is 0.302. The van der Waals surface area contributed by atoms with Gasteiger partial charge in [-0.15, -0.1) is 11.3 Å². The summed E-state index contributed by atoms with van der Waals surface area (Å²) in [6.07, 6.45) is 0. The van der Waals surface area contributed by atoms with Crippen molar-refractivity contribution in [2.75, 3.05) is 13.1 Å². The Kier molecular flexibility index (Phi) is 6.19. The molecule has 0 aromatic carbocycles. The van der Waals surface area contributed by atoms with Gasteiger partial charge in [-0.05, 0) is 24.8 Å². The maximum absolute atomic E-state index is 12.8. The number of nitrogens with two attached hydrogens (primary N) is 1. The lowest BCUT2D eigenvalue weighted by Crippen LogP contribution is -2.37. The predicted octanol–water partition coefficient (Wildman–Crippen LogP) is 2.82. The molecular weight excluding hydrogens is 292 g/mol. The summed E-state index contributed by atoms with van der Waals surface area (Å²) in [6, 6.07) is 1.73. The molecular formula is C14H26N2O2S2. The molecule has 0 aliphatic rings. The highest BCUT2D eigenvalue weighted by molar-refractivity contribution is 7.89. The third-order valence-corrected chi connectivity index (χ3v) is 6.04. The van der Waals surface area contributed by atoms with Gasteiger partial charge in [0.25, 0.3) is 0 Å². The molecule has 0 amide bonds. The van der Waals surface area contributed by atoms with Gasteiger partial charge in [-0.1, -0.05) is 27.7 Å². The van der Waals surface area contributed by atoms with Crippen LogP contribution in [0.4, 0.5) is 0 Å². The second-order valence-corrected chi connectivity index (χ2v) is 9.19. The molecule has 0 aliphatic carbocycles. The largest absolute Gasteiger partial charge is 0.326 e. The normalized spacial score (nSPS) is 12.8. The summed E-state index contributed by atoms with van der Waals surface area (Å²) in [7, 11) is -3.42. The van der Waals surface area contributed by atoms with E-state index in [0.717, 1.165) is 9.75 Å². The molecule has 116 valence electrons. The number of aryl methyl sites for hydroxylation is 1. The van der Waals surface area contributed by atoms with Crippen LogP contribution in [-0.2, 0) is 16.6 Å². The van der Waals surface area contributed by atoms with Gasteiger partial charge in [0.15, 0.2) is 0 Å². The maximum Gasteiger partial charge on any atom is 0.244 e. The summed E-state index contributed by atoms with van der Waals surface area (Å²) in [6.45, 7) is 11.5. The lowest BCUT2D eigenvalue weighted by Gasteiger charge is -2.25. The molecule has 0 saturated heterocycles. The van der Waals surface area contributed by atoms with Crippen molar-refractivity contribution in [2.45, 2.75) is 46.1 Å². The highest BCUT2D eigenvalue weighted by Gasteiger charge is 2.28. The fourth-order valence-corrected chi connectivity index (χ4v) is 5.36. The molecule has 0 unspecified atom stereocenters. The topological polar surface area (TPSA) is 63.4 Å². The predicted molar refractivity (Wildman–Crippen MR) is 85.4 cm³/mol. The number of thiophene rings is 1. The minimum atomic E-state index is -3.42. The Morgan fingerprint density at radius 1 is 1.20 bits per heavy atom. The summed E-state index contributed by atoms with van der Waals surface area (Å²) >= 11 is 1.47. The van der Waals surface area contributed by atoms with E-state index in [1.165, 1.54) is 11.3 Å². The van der Waals surface area contributed by atoms with Gasteiger partial charge in [0.1, 0.15) is 0 Å². The first-order chi connectivity index (χ1) is 9.18. The van der Waals surface area contributed by atoms with Crippen molar-refractivity contribution in [1.82, 2.24) is 4.31 Å². The number of rotatable bonds is 7. The van der Waals surface area contributed by atoms with Crippen LogP contribution in [0.5, 0.6) is 0 Å². The average Bonchev–Trinajstić information content (AvgIpc) is 2.69. The fraction of sp³-hybridized carbons (Fsp3) is 0.714. The molecule has 6 heteroatoms. The number of nitrogens with zero attached hydrogens (tertiary/aromatic N) is 1. The van der Waals surface area contributed by atoms with Crippen LogP contribution >= 0.6 is 11.3 Å². The standard InChI is InChI=1S/C14H26N2O2S2/c1-10(2)8-16(9-11(3)4)20(17,18)14-6-13(7-15)19-12(14)5/h6,10-11H,7-9,15H2,1-5H3. The summed E-state index contributed by atoms with van der Waals surface area (Å²) in [5.41, 5.74) is 5.61. The molecule has 1 rings (SSSR count). The zero-order valence-electron chi connectivity index (χ0n) is 13.0. The first-order valence-corrected chi connectivity index (χ1v) is 9.23. The van der Waals surface area contributed by atoms with Gasteiger partial charge in [0.05, 0.1) is 4.90 Å². The second kappa shape index (κ2) is 7.02. The Balaban J connectivity index is 3.17.